The second kappa shape index (κ2) is 31.1. The molecule has 0 spiro atoms. The van der Waals surface area contributed by atoms with Gasteiger partial charge in [-0.25, -0.2) is 9.97 Å². The largest absolute Gasteiger partial charge is 0.341 e. The van der Waals surface area contributed by atoms with Crippen molar-refractivity contribution < 1.29 is 0 Å². The Hall–Kier alpha value is -14.3. The van der Waals surface area contributed by atoms with Crippen LogP contribution < -0.4 is 0 Å². The van der Waals surface area contributed by atoms with Crippen LogP contribution in [0.2, 0.25) is 0 Å². The van der Waals surface area contributed by atoms with Crippen molar-refractivity contribution in [3.05, 3.63) is 423 Å². The summed E-state index contributed by atoms with van der Waals surface area (Å²) in [4.78, 5) is 19.2. The first-order valence-corrected chi connectivity index (χ1v) is 46.6. The summed E-state index contributed by atoms with van der Waals surface area (Å²) >= 11 is 0. The minimum absolute atomic E-state index is 0.104. The van der Waals surface area contributed by atoms with Crippen LogP contribution in [-0.4, -0.2) is 42.6 Å². The lowest BCUT2D eigenvalue weighted by Gasteiger charge is -2.63. The van der Waals surface area contributed by atoms with Gasteiger partial charge in [-0.1, -0.05) is 256 Å². The first-order valence-electron chi connectivity index (χ1n) is 46.6. The molecule has 9 nitrogen and oxygen atoms in total. The number of hydrogen-bond acceptors (Lipinski definition) is 4. The van der Waals surface area contributed by atoms with Crippen LogP contribution >= 0.6 is 0 Å². The van der Waals surface area contributed by atoms with Gasteiger partial charge in [-0.15, -0.1) is 0 Å². The highest BCUT2D eigenvalue weighted by Crippen LogP contribution is 2.66. The van der Waals surface area contributed by atoms with Crippen LogP contribution in [0.4, 0.5) is 0 Å². The average Bonchev–Trinajstić information content (AvgIpc) is 1.22. The van der Waals surface area contributed by atoms with Gasteiger partial charge in [0.15, 0.2) is 0 Å². The molecule has 12 aromatic carbocycles. The van der Waals surface area contributed by atoms with Crippen molar-refractivity contribution in [3.63, 3.8) is 0 Å². The van der Waals surface area contributed by atoms with Crippen molar-refractivity contribution in [2.45, 2.75) is 118 Å². The maximum absolute atomic E-state index is 5.07. The maximum atomic E-state index is 5.07. The molecule has 0 saturated heterocycles. The van der Waals surface area contributed by atoms with E-state index >= 15 is 0 Å². The molecule has 9 heteroatoms. The zero-order chi connectivity index (χ0) is 84.4. The standard InChI is InChI=1S/C42H36N2.C39H32N4.C38H31N3/c1-2-10-31(11-3-1)37-27-43(38-15-7-4-14-36(37)38)42-25-29-22-30(26-42)24-41(23-29,28-42)32-18-20-33(21-19-32)44-39-16-8-5-12-34(39)35-13-6-9-17-40(35)44;1-8-22-39(23-9-1,29-26-35(33-14-6-10-24-40-33)42-36(27-29)34-15-7-11-25-41-34)28-18-20-30(21-19-28)43-37-16-4-2-12-31(37)32-13-3-5-17-38(32)43;1-3-9-36-31(7-1)32-8-2-4-10-37(32)41(36)30-18-16-26(17-19-30)34-23-28-21-29(34)22-33(28)25-12-14-27(15-13-25)35-24-40-20-6-5-11-38(40)39-35/h1-21,27,29-30H,22-26,28H2;2-7,10-21,24-27H,1,8-9,22-23H2;1-20,24,28-29,33-34H,21-23H2. The number of aromatic nitrogens is 9. The van der Waals surface area contributed by atoms with Crippen molar-refractivity contribution in [1.82, 2.24) is 42.6 Å². The molecule has 6 bridgehead atoms. The van der Waals surface area contributed by atoms with Gasteiger partial charge in [-0.2, -0.15) is 0 Å². The third-order valence-electron chi connectivity index (χ3n) is 30.9. The number of rotatable bonds is 13. The summed E-state index contributed by atoms with van der Waals surface area (Å²) in [5.74, 6) is 4.53. The van der Waals surface area contributed by atoms with Gasteiger partial charge < -0.3 is 22.7 Å². The zero-order valence-electron chi connectivity index (χ0n) is 71.9. The van der Waals surface area contributed by atoms with Crippen LogP contribution in [0, 0.1) is 23.7 Å². The molecule has 21 aromatic rings. The number of imidazole rings is 1. The molecule has 0 amide bonds. The van der Waals surface area contributed by atoms with Crippen LogP contribution in [-0.2, 0) is 16.4 Å². The Kier molecular flexibility index (Phi) is 18.5. The highest BCUT2D eigenvalue weighted by Gasteiger charge is 2.59. The molecule has 0 N–H and O–H groups in total. The van der Waals surface area contributed by atoms with Crippen molar-refractivity contribution in [3.8, 4) is 62.2 Å². The number of pyridine rings is 4. The highest BCUT2D eigenvalue weighted by atomic mass is 15.1. The summed E-state index contributed by atoms with van der Waals surface area (Å²) < 4.78 is 12.1. The van der Waals surface area contributed by atoms with Gasteiger partial charge in [0.05, 0.1) is 61.6 Å². The molecule has 28 rings (SSSR count). The predicted molar refractivity (Wildman–Crippen MR) is 526 cm³/mol. The van der Waals surface area contributed by atoms with Crippen LogP contribution in [0.1, 0.15) is 130 Å². The molecule has 7 aliphatic rings. The Labute approximate surface area is 746 Å². The predicted octanol–water partition coefficient (Wildman–Crippen LogP) is 29.6. The first kappa shape index (κ1) is 76.2. The quantitative estimate of drug-likeness (QED) is 0.115. The molecule has 620 valence electrons. The van der Waals surface area contributed by atoms with E-state index in [4.69, 9.17) is 9.97 Å². The Morgan fingerprint density at radius 3 is 1.20 bits per heavy atom. The molecule has 128 heavy (non-hydrogen) atoms. The molecule has 6 atom stereocenters. The molecule has 6 unspecified atom stereocenters. The molecule has 0 aliphatic heterocycles. The summed E-state index contributed by atoms with van der Waals surface area (Å²) in [6.45, 7) is 0. The summed E-state index contributed by atoms with van der Waals surface area (Å²) in [6, 6.07) is 133. The lowest BCUT2D eigenvalue weighted by atomic mass is 9.45. The molecule has 7 aliphatic carbocycles. The maximum Gasteiger partial charge on any atom is 0.137 e. The van der Waals surface area contributed by atoms with Gasteiger partial charge in [0.25, 0.3) is 0 Å². The van der Waals surface area contributed by atoms with Gasteiger partial charge >= 0.3 is 0 Å². The fraction of sp³-hybridized carbons (Fsp3) is 0.193. The Morgan fingerprint density at radius 1 is 0.297 bits per heavy atom. The van der Waals surface area contributed by atoms with E-state index in [-0.39, 0.29) is 16.4 Å². The normalized spacial score (nSPS) is 20.8. The van der Waals surface area contributed by atoms with Crippen molar-refractivity contribution in [1.29, 1.82) is 0 Å². The average molecular weight is 1660 g/mol. The van der Waals surface area contributed by atoms with E-state index in [1.807, 2.05) is 60.9 Å². The van der Waals surface area contributed by atoms with Gasteiger partial charge in [0.1, 0.15) is 5.65 Å². The number of nitrogens with zero attached hydrogens (tertiary/aromatic N) is 9. The lowest BCUT2D eigenvalue weighted by molar-refractivity contribution is -0.0606. The lowest BCUT2D eigenvalue weighted by Crippen LogP contribution is -2.58. The summed E-state index contributed by atoms with van der Waals surface area (Å²) in [5, 5.41) is 9.24. The fourth-order valence-corrected chi connectivity index (χ4v) is 25.7. The third kappa shape index (κ3) is 12.9. The van der Waals surface area contributed by atoms with Gasteiger partial charge in [-0.3, -0.25) is 9.97 Å². The molecular formula is C119H99N9. The molecule has 9 aromatic heterocycles. The van der Waals surface area contributed by atoms with Crippen molar-refractivity contribution in [2.75, 3.05) is 0 Å². The van der Waals surface area contributed by atoms with Crippen molar-refractivity contribution in [2.24, 2.45) is 23.7 Å². The number of benzene rings is 12. The molecule has 7 saturated carbocycles. The molecule has 0 radical (unpaired) electrons. The third-order valence-corrected chi connectivity index (χ3v) is 30.9. The SMILES string of the molecule is c1ccc(-c2cc(C3(c4ccc(-n5c6ccccc6c6ccccc65)cc4)CCCCC3)cc(-c3ccccn3)n2)nc1.c1ccc(-c2cn(C34CC5CC(CC(c6ccc(-n7c8ccccc8c8ccccc87)cc6)(C5)C3)C4)c3ccccc23)cc1.c1ccc2c(c1)c1ccccc1n2-c1ccc(C2CC3CC2CC3c2ccc(-c3cn4ccccc4n3)cc2)cc1. The summed E-state index contributed by atoms with van der Waals surface area (Å²) in [6.07, 6.45) is 28.2. The van der Waals surface area contributed by atoms with E-state index in [9.17, 15) is 0 Å². The van der Waals surface area contributed by atoms with Gasteiger partial charge in [0.2, 0.25) is 0 Å². The number of hydrogen-bond donors (Lipinski definition) is 0. The Morgan fingerprint density at radius 2 is 0.727 bits per heavy atom. The van der Waals surface area contributed by atoms with E-state index in [1.165, 1.54) is 209 Å². The van der Waals surface area contributed by atoms with Gasteiger partial charge in [-0.05, 0) is 272 Å². The molecule has 7 fully saturated rings. The van der Waals surface area contributed by atoms with E-state index in [0.717, 1.165) is 70.6 Å². The second-order valence-corrected chi connectivity index (χ2v) is 37.9. The smallest absolute Gasteiger partial charge is 0.137 e. The minimum atomic E-state index is -0.104. The van der Waals surface area contributed by atoms with E-state index < -0.39 is 0 Å². The van der Waals surface area contributed by atoms with Crippen molar-refractivity contribution >= 4 is 82.0 Å². The minimum Gasteiger partial charge on any atom is -0.341 e. The van der Waals surface area contributed by atoms with Gasteiger partial charge in [0, 0.05) is 113 Å². The summed E-state index contributed by atoms with van der Waals surface area (Å²) in [5.41, 5.74) is 29.7. The van der Waals surface area contributed by atoms with Crippen LogP contribution in [0.5, 0.6) is 0 Å². The highest BCUT2D eigenvalue weighted by molar-refractivity contribution is 6.11. The Balaban J connectivity index is 0.000000104. The first-order chi connectivity index (χ1) is 63.3. The van der Waals surface area contributed by atoms with Crippen LogP contribution in [0.3, 0.4) is 0 Å². The van der Waals surface area contributed by atoms with E-state index in [0.29, 0.717) is 11.8 Å². The number of fused-ring (bicyclic) bond motifs is 13. The second-order valence-electron chi connectivity index (χ2n) is 37.9. The summed E-state index contributed by atoms with van der Waals surface area (Å²) in [7, 11) is 0. The molecular weight excluding hydrogens is 1560 g/mol. The zero-order valence-corrected chi connectivity index (χ0v) is 71.9. The number of para-hydroxylation sites is 7. The fourth-order valence-electron chi connectivity index (χ4n) is 25.7. The van der Waals surface area contributed by atoms with E-state index in [2.05, 4.69) is 367 Å². The van der Waals surface area contributed by atoms with Crippen LogP contribution in [0.15, 0.2) is 395 Å². The monoisotopic (exact) mass is 1650 g/mol. The van der Waals surface area contributed by atoms with E-state index in [1.54, 1.807) is 5.56 Å². The molecule has 9 heterocycles. The Bertz CT molecular complexity index is 7470. The topological polar surface area (TPSA) is 75.7 Å². The van der Waals surface area contributed by atoms with Crippen LogP contribution in [0.25, 0.3) is 144 Å².